The summed E-state index contributed by atoms with van der Waals surface area (Å²) in [6.07, 6.45) is 1.79. The first-order chi connectivity index (χ1) is 7.74. The average molecular weight is 334 g/mol. The van der Waals surface area contributed by atoms with Crippen molar-refractivity contribution < 1.29 is 9.47 Å². The molecule has 5 heteroatoms. The van der Waals surface area contributed by atoms with Crippen molar-refractivity contribution in [2.75, 3.05) is 32.2 Å². The largest absolute Gasteiger partial charge is 0.356 e. The van der Waals surface area contributed by atoms with E-state index in [4.69, 9.17) is 9.47 Å². The average Bonchev–Trinajstić information content (AvgIpc) is 2.24. The van der Waals surface area contributed by atoms with E-state index in [0.29, 0.717) is 5.92 Å². The van der Waals surface area contributed by atoms with E-state index in [-0.39, 0.29) is 6.29 Å². The second-order valence-corrected chi connectivity index (χ2v) is 5.09. The van der Waals surface area contributed by atoms with Gasteiger partial charge in [-0.25, -0.2) is 4.98 Å². The quantitative estimate of drug-likeness (QED) is 0.621. The molecule has 0 N–H and O–H groups in total. The molecule has 1 aliphatic rings. The van der Waals surface area contributed by atoms with Crippen LogP contribution in [-0.4, -0.2) is 38.6 Å². The molecule has 0 atom stereocenters. The summed E-state index contributed by atoms with van der Waals surface area (Å²) in [5, 5.41) is 0. The smallest absolute Gasteiger partial charge is 0.162 e. The standard InChI is InChI=1S/C11H15IN2O2/c1-15-11(16-2)8-6-14(7-8)10-4-3-9(12)5-13-10/h3-5,8,11H,6-7H2,1-2H3. The van der Waals surface area contributed by atoms with Crippen LogP contribution in [0.1, 0.15) is 0 Å². The third kappa shape index (κ3) is 2.46. The Labute approximate surface area is 109 Å². The van der Waals surface area contributed by atoms with Gasteiger partial charge in [0.25, 0.3) is 0 Å². The molecule has 0 saturated carbocycles. The lowest BCUT2D eigenvalue weighted by molar-refractivity contribution is -0.142. The number of anilines is 1. The minimum atomic E-state index is -0.0971. The van der Waals surface area contributed by atoms with E-state index in [1.165, 1.54) is 0 Å². The van der Waals surface area contributed by atoms with Gasteiger partial charge in [0.05, 0.1) is 0 Å². The summed E-state index contributed by atoms with van der Waals surface area (Å²) < 4.78 is 11.6. The van der Waals surface area contributed by atoms with E-state index in [9.17, 15) is 0 Å². The van der Waals surface area contributed by atoms with Crippen LogP contribution in [0.15, 0.2) is 18.3 Å². The van der Waals surface area contributed by atoms with E-state index in [1.54, 1.807) is 14.2 Å². The predicted molar refractivity (Wildman–Crippen MR) is 70.5 cm³/mol. The van der Waals surface area contributed by atoms with Gasteiger partial charge < -0.3 is 14.4 Å². The lowest BCUT2D eigenvalue weighted by Gasteiger charge is -2.42. The van der Waals surface area contributed by atoms with Crippen LogP contribution in [0.4, 0.5) is 5.82 Å². The fraction of sp³-hybridized carbons (Fsp3) is 0.545. The van der Waals surface area contributed by atoms with Crippen LogP contribution in [0, 0.1) is 9.49 Å². The zero-order valence-electron chi connectivity index (χ0n) is 9.39. The van der Waals surface area contributed by atoms with Crippen molar-refractivity contribution in [2.45, 2.75) is 6.29 Å². The molecule has 1 saturated heterocycles. The Balaban J connectivity index is 1.90. The van der Waals surface area contributed by atoms with Crippen molar-refractivity contribution in [3.63, 3.8) is 0 Å². The minimum Gasteiger partial charge on any atom is -0.356 e. The monoisotopic (exact) mass is 334 g/mol. The van der Waals surface area contributed by atoms with Crippen LogP contribution in [0.25, 0.3) is 0 Å². The van der Waals surface area contributed by atoms with Gasteiger partial charge in [0.2, 0.25) is 0 Å². The Bertz CT molecular complexity index is 334. The molecule has 0 unspecified atom stereocenters. The number of nitrogens with zero attached hydrogens (tertiary/aromatic N) is 2. The molecule has 0 bridgehead atoms. The molecule has 88 valence electrons. The van der Waals surface area contributed by atoms with Crippen molar-refractivity contribution in [1.29, 1.82) is 0 Å². The van der Waals surface area contributed by atoms with Gasteiger partial charge in [-0.2, -0.15) is 0 Å². The Morgan fingerprint density at radius 2 is 2.06 bits per heavy atom. The molecule has 4 nitrogen and oxygen atoms in total. The maximum absolute atomic E-state index is 5.24. The highest BCUT2D eigenvalue weighted by Crippen LogP contribution is 2.26. The van der Waals surface area contributed by atoms with Gasteiger partial charge in [0, 0.05) is 43.0 Å². The molecular formula is C11H15IN2O2. The molecule has 0 amide bonds. The molecule has 1 aliphatic heterocycles. The van der Waals surface area contributed by atoms with E-state index >= 15 is 0 Å². The molecule has 1 aromatic rings. The van der Waals surface area contributed by atoms with Gasteiger partial charge >= 0.3 is 0 Å². The van der Waals surface area contributed by atoms with Crippen LogP contribution in [0.2, 0.25) is 0 Å². The molecular weight excluding hydrogens is 319 g/mol. The maximum Gasteiger partial charge on any atom is 0.162 e. The van der Waals surface area contributed by atoms with Crippen molar-refractivity contribution in [3.8, 4) is 0 Å². The summed E-state index contributed by atoms with van der Waals surface area (Å²) in [5.74, 6) is 1.47. The number of hydrogen-bond donors (Lipinski definition) is 0. The van der Waals surface area contributed by atoms with Gasteiger partial charge in [0.1, 0.15) is 5.82 Å². The van der Waals surface area contributed by atoms with E-state index in [2.05, 4.69) is 38.5 Å². The Morgan fingerprint density at radius 3 is 2.56 bits per heavy atom. The third-order valence-corrected chi connectivity index (χ3v) is 3.43. The summed E-state index contributed by atoms with van der Waals surface area (Å²) in [6.45, 7) is 1.89. The summed E-state index contributed by atoms with van der Waals surface area (Å²) in [4.78, 5) is 6.61. The normalized spacial score (nSPS) is 16.6. The molecule has 1 fully saturated rings. The summed E-state index contributed by atoms with van der Waals surface area (Å²) in [7, 11) is 3.36. The van der Waals surface area contributed by atoms with E-state index < -0.39 is 0 Å². The second-order valence-electron chi connectivity index (χ2n) is 3.84. The topological polar surface area (TPSA) is 34.6 Å². The minimum absolute atomic E-state index is 0.0971. The van der Waals surface area contributed by atoms with Crippen molar-refractivity contribution in [1.82, 2.24) is 4.98 Å². The number of halogens is 1. The Kier molecular flexibility index (Phi) is 3.99. The highest BCUT2D eigenvalue weighted by molar-refractivity contribution is 14.1. The maximum atomic E-state index is 5.24. The van der Waals surface area contributed by atoms with Crippen molar-refractivity contribution in [3.05, 3.63) is 21.9 Å². The Hall–Kier alpha value is -0.400. The van der Waals surface area contributed by atoms with Crippen LogP contribution in [0.3, 0.4) is 0 Å². The van der Waals surface area contributed by atoms with E-state index in [0.717, 1.165) is 22.5 Å². The molecule has 2 rings (SSSR count). The summed E-state index contributed by atoms with van der Waals surface area (Å²) in [5.41, 5.74) is 0. The molecule has 0 spiro atoms. The number of ether oxygens (including phenoxy) is 2. The van der Waals surface area contributed by atoms with Gasteiger partial charge in [-0.3, -0.25) is 0 Å². The van der Waals surface area contributed by atoms with Gasteiger partial charge in [-0.15, -0.1) is 0 Å². The van der Waals surface area contributed by atoms with E-state index in [1.807, 2.05) is 12.3 Å². The zero-order valence-corrected chi connectivity index (χ0v) is 11.5. The first-order valence-corrected chi connectivity index (χ1v) is 6.24. The zero-order chi connectivity index (χ0) is 11.5. The first kappa shape index (κ1) is 12.1. The fourth-order valence-electron chi connectivity index (χ4n) is 1.91. The highest BCUT2D eigenvalue weighted by atomic mass is 127. The molecule has 2 heterocycles. The number of methoxy groups -OCH3 is 2. The fourth-order valence-corrected chi connectivity index (χ4v) is 2.23. The molecule has 16 heavy (non-hydrogen) atoms. The Morgan fingerprint density at radius 1 is 1.38 bits per heavy atom. The van der Waals surface area contributed by atoms with Crippen LogP contribution < -0.4 is 4.90 Å². The third-order valence-electron chi connectivity index (χ3n) is 2.80. The highest BCUT2D eigenvalue weighted by Gasteiger charge is 2.34. The van der Waals surface area contributed by atoms with Crippen molar-refractivity contribution in [2.24, 2.45) is 5.92 Å². The van der Waals surface area contributed by atoms with Gasteiger partial charge in [0.15, 0.2) is 6.29 Å². The van der Waals surface area contributed by atoms with Gasteiger partial charge in [-0.05, 0) is 34.7 Å². The number of aromatic nitrogens is 1. The first-order valence-electron chi connectivity index (χ1n) is 5.16. The lowest BCUT2D eigenvalue weighted by Crippen LogP contribution is -2.53. The van der Waals surface area contributed by atoms with Crippen LogP contribution in [-0.2, 0) is 9.47 Å². The summed E-state index contributed by atoms with van der Waals surface area (Å²) >= 11 is 2.26. The number of rotatable bonds is 4. The summed E-state index contributed by atoms with van der Waals surface area (Å²) in [6, 6.07) is 4.12. The molecule has 0 aromatic carbocycles. The van der Waals surface area contributed by atoms with Crippen LogP contribution in [0.5, 0.6) is 0 Å². The molecule has 0 radical (unpaired) electrons. The number of hydrogen-bond acceptors (Lipinski definition) is 4. The van der Waals surface area contributed by atoms with Gasteiger partial charge in [-0.1, -0.05) is 0 Å². The van der Waals surface area contributed by atoms with Crippen LogP contribution >= 0.6 is 22.6 Å². The SMILES string of the molecule is COC(OC)C1CN(c2ccc(I)cn2)C1. The predicted octanol–water partition coefficient (Wildman–Crippen LogP) is 1.74. The number of pyridine rings is 1. The van der Waals surface area contributed by atoms with Crippen molar-refractivity contribution >= 4 is 28.4 Å². The molecule has 0 aliphatic carbocycles. The molecule has 1 aromatic heterocycles. The second kappa shape index (κ2) is 5.29. The lowest BCUT2D eigenvalue weighted by atomic mass is 9.99.